The highest BCUT2D eigenvalue weighted by Crippen LogP contribution is 2.32. The molecule has 1 aliphatic rings. The van der Waals surface area contributed by atoms with Gasteiger partial charge in [0.25, 0.3) is 0 Å². The number of benzene rings is 3. The lowest BCUT2D eigenvalue weighted by atomic mass is 9.78. The Bertz CT molecular complexity index is 1380. The molecular weight excluding hydrogens is 636 g/mol. The van der Waals surface area contributed by atoms with Gasteiger partial charge < -0.3 is 20.1 Å². The Morgan fingerprint density at radius 3 is 1.98 bits per heavy atom. The van der Waals surface area contributed by atoms with Gasteiger partial charge in [0.2, 0.25) is 11.8 Å². The molecule has 4 rings (SSSR count). The molecule has 2 N–H and O–H groups in total. The smallest absolute Gasteiger partial charge is 0.307 e. The first-order chi connectivity index (χ1) is 21.8. The highest BCUT2D eigenvalue weighted by atomic mass is 79.9. The highest BCUT2D eigenvalue weighted by Gasteiger charge is 2.38. The van der Waals surface area contributed by atoms with Gasteiger partial charge in [0.1, 0.15) is 6.04 Å². The molecule has 0 aromatic heterocycles. The summed E-state index contributed by atoms with van der Waals surface area (Å²) in [6.07, 6.45) is 2.97. The summed E-state index contributed by atoms with van der Waals surface area (Å²) in [6.45, 7) is 2.40. The third kappa shape index (κ3) is 9.50. The third-order valence-electron chi connectivity index (χ3n) is 8.45. The van der Waals surface area contributed by atoms with Crippen molar-refractivity contribution in [2.75, 3.05) is 19.7 Å². The fraction of sp³-hybridized carbons (Fsp3) is 0.389. The van der Waals surface area contributed by atoms with Crippen molar-refractivity contribution in [1.29, 1.82) is 0 Å². The average molecular weight is 678 g/mol. The maximum absolute atomic E-state index is 14.4. The van der Waals surface area contributed by atoms with Crippen molar-refractivity contribution in [2.45, 2.75) is 57.4 Å². The second-order valence-corrected chi connectivity index (χ2v) is 12.3. The zero-order valence-corrected chi connectivity index (χ0v) is 27.2. The molecular formula is C36H41BrN2O6. The van der Waals surface area contributed by atoms with Crippen molar-refractivity contribution in [2.24, 2.45) is 11.8 Å². The number of esters is 1. The number of hydrogen-bond donors (Lipinski definition) is 2. The van der Waals surface area contributed by atoms with Gasteiger partial charge in [-0.3, -0.25) is 19.2 Å². The van der Waals surface area contributed by atoms with E-state index in [-0.39, 0.29) is 31.4 Å². The molecule has 9 heteroatoms. The van der Waals surface area contributed by atoms with E-state index in [9.17, 15) is 24.3 Å². The number of carboxylic acid groups (broad SMARTS) is 1. The summed E-state index contributed by atoms with van der Waals surface area (Å²) in [6, 6.07) is 26.2. The van der Waals surface area contributed by atoms with Gasteiger partial charge in [-0.15, -0.1) is 0 Å². The van der Waals surface area contributed by atoms with E-state index >= 15 is 0 Å². The molecule has 0 radical (unpaired) electrons. The Morgan fingerprint density at radius 2 is 1.42 bits per heavy atom. The van der Waals surface area contributed by atoms with Gasteiger partial charge in [-0.05, 0) is 55.0 Å². The third-order valence-corrected chi connectivity index (χ3v) is 8.98. The maximum atomic E-state index is 14.4. The molecule has 0 aliphatic heterocycles. The monoisotopic (exact) mass is 676 g/mol. The second kappa shape index (κ2) is 16.9. The van der Waals surface area contributed by atoms with E-state index in [0.717, 1.165) is 28.4 Å². The van der Waals surface area contributed by atoms with Gasteiger partial charge >= 0.3 is 11.9 Å². The first-order valence-electron chi connectivity index (χ1n) is 15.6. The summed E-state index contributed by atoms with van der Waals surface area (Å²) >= 11 is 3.44. The van der Waals surface area contributed by atoms with Crippen LogP contribution in [0.25, 0.3) is 0 Å². The van der Waals surface area contributed by atoms with Crippen LogP contribution in [0.1, 0.15) is 74.1 Å². The second-order valence-electron chi connectivity index (χ2n) is 11.4. The average Bonchev–Trinajstić information content (AvgIpc) is 3.06. The van der Waals surface area contributed by atoms with Crippen LogP contribution in [0.15, 0.2) is 89.4 Å². The summed E-state index contributed by atoms with van der Waals surface area (Å²) in [5.74, 6) is -3.74. The largest absolute Gasteiger partial charge is 0.481 e. The quantitative estimate of drug-likeness (QED) is 0.189. The molecule has 2 amide bonds. The van der Waals surface area contributed by atoms with Gasteiger partial charge in [-0.2, -0.15) is 0 Å². The van der Waals surface area contributed by atoms with E-state index in [0.29, 0.717) is 31.4 Å². The summed E-state index contributed by atoms with van der Waals surface area (Å²) < 4.78 is 5.98. The summed E-state index contributed by atoms with van der Waals surface area (Å²) in [7, 11) is 0. The van der Waals surface area contributed by atoms with Crippen LogP contribution in [0.2, 0.25) is 0 Å². The maximum Gasteiger partial charge on any atom is 0.307 e. The van der Waals surface area contributed by atoms with Crippen molar-refractivity contribution in [3.63, 3.8) is 0 Å². The number of aliphatic carboxylic acids is 1. The fourth-order valence-electron chi connectivity index (χ4n) is 6.09. The Morgan fingerprint density at radius 1 is 0.844 bits per heavy atom. The van der Waals surface area contributed by atoms with Crippen LogP contribution in [-0.2, 0) is 23.9 Å². The SMILES string of the molecule is CCOC(=O)CCN(CCC(c1ccccc1)c1ccccc1)C(=O)[C@@H](NC(=O)[C@H]1CCCC[C@@H]1C(=O)O)c1ccc(Br)cc1. The molecule has 238 valence electrons. The van der Waals surface area contributed by atoms with Gasteiger partial charge in [-0.1, -0.05) is 102 Å². The molecule has 3 aromatic carbocycles. The molecule has 0 bridgehead atoms. The number of amides is 2. The standard InChI is InChI=1S/C36H41BrN2O6/c1-2-45-32(40)22-24-39(23-21-29(25-11-5-3-6-12-25)26-13-7-4-8-14-26)35(42)33(27-17-19-28(37)20-18-27)38-34(41)30-15-9-10-16-31(30)36(43)44/h3-8,11-14,17-20,29-31,33H,2,9-10,15-16,21-24H2,1H3,(H,38,41)(H,43,44)/t30-,31-,33-/m0/s1. The van der Waals surface area contributed by atoms with Crippen LogP contribution in [0.4, 0.5) is 0 Å². The molecule has 0 saturated heterocycles. The van der Waals surface area contributed by atoms with Crippen molar-refractivity contribution in [3.05, 3.63) is 106 Å². The zero-order chi connectivity index (χ0) is 32.2. The van der Waals surface area contributed by atoms with E-state index in [1.807, 2.05) is 36.4 Å². The summed E-state index contributed by atoms with van der Waals surface area (Å²) in [5.41, 5.74) is 2.79. The van der Waals surface area contributed by atoms with Crippen molar-refractivity contribution in [3.8, 4) is 0 Å². The normalized spacial score (nSPS) is 16.9. The minimum absolute atomic E-state index is 0.00559. The number of carbonyl (C=O) groups is 4. The lowest BCUT2D eigenvalue weighted by Gasteiger charge is -2.32. The van der Waals surface area contributed by atoms with Crippen LogP contribution < -0.4 is 5.32 Å². The molecule has 1 aliphatic carbocycles. The van der Waals surface area contributed by atoms with E-state index in [1.165, 1.54) is 0 Å². The number of ether oxygens (including phenoxy) is 1. The molecule has 8 nitrogen and oxygen atoms in total. The minimum atomic E-state index is -1.06. The van der Waals surface area contributed by atoms with E-state index in [1.54, 1.807) is 36.1 Å². The zero-order valence-electron chi connectivity index (χ0n) is 25.6. The first kappa shape index (κ1) is 33.9. The minimum Gasteiger partial charge on any atom is -0.481 e. The lowest BCUT2D eigenvalue weighted by molar-refractivity contribution is -0.149. The van der Waals surface area contributed by atoms with E-state index < -0.39 is 35.7 Å². The number of hydrogen-bond acceptors (Lipinski definition) is 5. The van der Waals surface area contributed by atoms with Crippen LogP contribution in [-0.4, -0.2) is 53.5 Å². The molecule has 1 saturated carbocycles. The molecule has 1 fully saturated rings. The van der Waals surface area contributed by atoms with Crippen molar-refractivity contribution in [1.82, 2.24) is 10.2 Å². The number of nitrogens with zero attached hydrogens (tertiary/aromatic N) is 1. The number of rotatable bonds is 14. The van der Waals surface area contributed by atoms with E-state index in [4.69, 9.17) is 4.74 Å². The predicted molar refractivity (Wildman–Crippen MR) is 175 cm³/mol. The number of carbonyl (C=O) groups excluding carboxylic acids is 3. The van der Waals surface area contributed by atoms with Crippen molar-refractivity contribution >= 4 is 39.7 Å². The molecule has 0 heterocycles. The number of nitrogens with one attached hydrogen (secondary N) is 1. The first-order valence-corrected chi connectivity index (χ1v) is 16.4. The van der Waals surface area contributed by atoms with Crippen LogP contribution >= 0.6 is 15.9 Å². The molecule has 3 atom stereocenters. The van der Waals surface area contributed by atoms with Crippen molar-refractivity contribution < 1.29 is 29.0 Å². The molecule has 45 heavy (non-hydrogen) atoms. The highest BCUT2D eigenvalue weighted by molar-refractivity contribution is 9.10. The van der Waals surface area contributed by atoms with Gasteiger partial charge in [0.05, 0.1) is 24.9 Å². The fourth-order valence-corrected chi connectivity index (χ4v) is 6.35. The Kier molecular flexibility index (Phi) is 12.7. The summed E-state index contributed by atoms with van der Waals surface area (Å²) in [5, 5.41) is 12.7. The Labute approximate surface area is 273 Å². The Hall–Kier alpha value is -3.98. The van der Waals surface area contributed by atoms with Gasteiger partial charge in [0, 0.05) is 23.5 Å². The molecule has 0 spiro atoms. The molecule has 3 aromatic rings. The van der Waals surface area contributed by atoms with Crippen LogP contribution in [0.5, 0.6) is 0 Å². The predicted octanol–water partition coefficient (Wildman–Crippen LogP) is 6.50. The Balaban J connectivity index is 1.64. The number of halogens is 1. The topological polar surface area (TPSA) is 113 Å². The van der Waals surface area contributed by atoms with Crippen LogP contribution in [0.3, 0.4) is 0 Å². The number of carboxylic acids is 1. The molecule has 0 unspecified atom stereocenters. The van der Waals surface area contributed by atoms with E-state index in [2.05, 4.69) is 45.5 Å². The van der Waals surface area contributed by atoms with Gasteiger partial charge in [-0.25, -0.2) is 0 Å². The van der Waals surface area contributed by atoms with Crippen LogP contribution in [0, 0.1) is 11.8 Å². The van der Waals surface area contributed by atoms with Gasteiger partial charge in [0.15, 0.2) is 0 Å². The lowest BCUT2D eigenvalue weighted by Crippen LogP contribution is -2.47. The summed E-state index contributed by atoms with van der Waals surface area (Å²) in [4.78, 5) is 54.1.